The molecule has 2 aromatic carbocycles. The summed E-state index contributed by atoms with van der Waals surface area (Å²) in [4.78, 5) is 16.1. The van der Waals surface area contributed by atoms with Crippen molar-refractivity contribution in [2.24, 2.45) is 5.73 Å². The van der Waals surface area contributed by atoms with Crippen LogP contribution in [0.2, 0.25) is 0 Å². The van der Waals surface area contributed by atoms with Gasteiger partial charge in [-0.15, -0.1) is 0 Å². The molecular weight excluding hydrogens is 331 g/mol. The lowest BCUT2D eigenvalue weighted by Gasteiger charge is -2.14. The zero-order valence-electron chi connectivity index (χ0n) is 14.4. The third kappa shape index (κ3) is 3.88. The van der Waals surface area contributed by atoms with Gasteiger partial charge in [0.05, 0.1) is 13.0 Å². The van der Waals surface area contributed by atoms with E-state index in [4.69, 9.17) is 10.5 Å². The molecule has 1 amide bonds. The zero-order valence-corrected chi connectivity index (χ0v) is 14.4. The van der Waals surface area contributed by atoms with Gasteiger partial charge in [-0.05, 0) is 41.8 Å². The van der Waals surface area contributed by atoms with Crippen molar-refractivity contribution < 1.29 is 13.9 Å². The Morgan fingerprint density at radius 1 is 1.15 bits per heavy atom. The fourth-order valence-corrected chi connectivity index (χ4v) is 2.90. The molecule has 0 fully saturated rings. The highest BCUT2D eigenvalue weighted by Gasteiger charge is 2.19. The summed E-state index contributed by atoms with van der Waals surface area (Å²) in [5.74, 6) is -0.678. The Morgan fingerprint density at radius 2 is 1.92 bits per heavy atom. The highest BCUT2D eigenvalue weighted by molar-refractivity contribution is 5.82. The number of nitrogens with two attached hydrogens (primary N) is 1. The molecule has 0 saturated carbocycles. The monoisotopic (exact) mass is 350 g/mol. The molecule has 0 aliphatic carbocycles. The van der Waals surface area contributed by atoms with Gasteiger partial charge in [-0.25, -0.2) is 4.39 Å². The van der Waals surface area contributed by atoms with Crippen molar-refractivity contribution in [3.05, 3.63) is 83.9 Å². The van der Waals surface area contributed by atoms with Crippen LogP contribution in [0.3, 0.4) is 0 Å². The van der Waals surface area contributed by atoms with Crippen LogP contribution in [-0.4, -0.2) is 18.0 Å². The summed E-state index contributed by atoms with van der Waals surface area (Å²) >= 11 is 0. The maximum absolute atomic E-state index is 14.2. The third-order valence-corrected chi connectivity index (χ3v) is 4.26. The Balaban J connectivity index is 1.93. The summed E-state index contributed by atoms with van der Waals surface area (Å²) in [5.41, 5.74) is 8.26. The number of amides is 1. The van der Waals surface area contributed by atoms with Gasteiger partial charge in [0.2, 0.25) is 5.91 Å². The third-order valence-electron chi connectivity index (χ3n) is 4.26. The van der Waals surface area contributed by atoms with Gasteiger partial charge >= 0.3 is 0 Å². The molecule has 132 valence electrons. The SMILES string of the molecule is COc1ccc(F)c(-c2cncc(CC(C(N)=O)c3ccccc3)c2)c1. The van der Waals surface area contributed by atoms with E-state index in [-0.39, 0.29) is 5.82 Å². The first-order valence-corrected chi connectivity index (χ1v) is 8.20. The summed E-state index contributed by atoms with van der Waals surface area (Å²) in [6, 6.07) is 15.7. The number of hydrogen-bond acceptors (Lipinski definition) is 3. The molecule has 0 bridgehead atoms. The number of rotatable bonds is 6. The van der Waals surface area contributed by atoms with Gasteiger partial charge in [0.25, 0.3) is 0 Å². The van der Waals surface area contributed by atoms with Crippen LogP contribution < -0.4 is 10.5 Å². The minimum atomic E-state index is -0.469. The Hall–Kier alpha value is -3.21. The van der Waals surface area contributed by atoms with Crippen LogP contribution in [0.5, 0.6) is 5.75 Å². The van der Waals surface area contributed by atoms with Crippen LogP contribution in [0.4, 0.5) is 4.39 Å². The number of hydrogen-bond donors (Lipinski definition) is 1. The quantitative estimate of drug-likeness (QED) is 0.737. The van der Waals surface area contributed by atoms with E-state index < -0.39 is 11.8 Å². The lowest BCUT2D eigenvalue weighted by Crippen LogP contribution is -2.23. The van der Waals surface area contributed by atoms with Crippen molar-refractivity contribution in [2.45, 2.75) is 12.3 Å². The molecule has 3 rings (SSSR count). The molecule has 0 saturated heterocycles. The summed E-state index contributed by atoms with van der Waals surface area (Å²) in [7, 11) is 1.53. The number of ether oxygens (including phenoxy) is 1. The van der Waals surface area contributed by atoms with Gasteiger partial charge in [-0.3, -0.25) is 9.78 Å². The number of carbonyl (C=O) groups is 1. The highest BCUT2D eigenvalue weighted by atomic mass is 19.1. The first kappa shape index (κ1) is 17.6. The molecule has 0 spiro atoms. The van der Waals surface area contributed by atoms with E-state index in [0.29, 0.717) is 23.3 Å². The second-order valence-corrected chi connectivity index (χ2v) is 6.00. The second-order valence-electron chi connectivity index (χ2n) is 6.00. The number of aromatic nitrogens is 1. The number of nitrogens with zero attached hydrogens (tertiary/aromatic N) is 1. The zero-order chi connectivity index (χ0) is 18.5. The summed E-state index contributed by atoms with van der Waals surface area (Å²) in [6.07, 6.45) is 3.65. The first-order valence-electron chi connectivity index (χ1n) is 8.20. The van der Waals surface area contributed by atoms with E-state index in [9.17, 15) is 9.18 Å². The Bertz CT molecular complexity index is 913. The normalized spacial score (nSPS) is 11.8. The van der Waals surface area contributed by atoms with Gasteiger partial charge in [0.1, 0.15) is 11.6 Å². The molecule has 5 heteroatoms. The number of primary amides is 1. The molecule has 26 heavy (non-hydrogen) atoms. The van der Waals surface area contributed by atoms with Crippen molar-refractivity contribution in [1.29, 1.82) is 0 Å². The van der Waals surface area contributed by atoms with Gasteiger partial charge in [0, 0.05) is 23.5 Å². The molecule has 2 N–H and O–H groups in total. The maximum Gasteiger partial charge on any atom is 0.225 e. The summed E-state index contributed by atoms with van der Waals surface area (Å²) < 4.78 is 19.4. The Kier molecular flexibility index (Phi) is 5.27. The molecule has 0 aliphatic rings. The van der Waals surface area contributed by atoms with Crippen LogP contribution in [-0.2, 0) is 11.2 Å². The molecule has 1 unspecified atom stereocenters. The predicted molar refractivity (Wildman–Crippen MR) is 98.3 cm³/mol. The molecule has 1 atom stereocenters. The minimum absolute atomic E-state index is 0.362. The van der Waals surface area contributed by atoms with Crippen molar-refractivity contribution in [2.75, 3.05) is 7.11 Å². The molecule has 4 nitrogen and oxygen atoms in total. The van der Waals surface area contributed by atoms with E-state index >= 15 is 0 Å². The lowest BCUT2D eigenvalue weighted by atomic mass is 9.91. The van der Waals surface area contributed by atoms with Crippen molar-refractivity contribution in [3.63, 3.8) is 0 Å². The van der Waals surface area contributed by atoms with Gasteiger partial charge < -0.3 is 10.5 Å². The highest BCUT2D eigenvalue weighted by Crippen LogP contribution is 2.28. The largest absolute Gasteiger partial charge is 0.497 e. The van der Waals surface area contributed by atoms with E-state index in [1.165, 1.54) is 13.2 Å². The molecule has 1 heterocycles. The van der Waals surface area contributed by atoms with Crippen LogP contribution in [0.15, 0.2) is 67.0 Å². The number of benzene rings is 2. The number of methoxy groups -OCH3 is 1. The molecule has 0 aliphatic heterocycles. The van der Waals surface area contributed by atoms with Crippen molar-refractivity contribution >= 4 is 5.91 Å². The Labute approximate surface area is 151 Å². The molecular formula is C21H19FN2O2. The average Bonchev–Trinajstić information content (AvgIpc) is 2.67. The molecule has 0 radical (unpaired) electrons. The minimum Gasteiger partial charge on any atom is -0.497 e. The topological polar surface area (TPSA) is 65.2 Å². The van der Waals surface area contributed by atoms with Gasteiger partial charge in [-0.1, -0.05) is 30.3 Å². The Morgan fingerprint density at radius 3 is 2.62 bits per heavy atom. The van der Waals surface area contributed by atoms with Crippen LogP contribution in [0.1, 0.15) is 17.0 Å². The number of pyridine rings is 1. The smallest absolute Gasteiger partial charge is 0.225 e. The lowest BCUT2D eigenvalue weighted by molar-refractivity contribution is -0.119. The van der Waals surface area contributed by atoms with E-state index in [2.05, 4.69) is 4.98 Å². The van der Waals surface area contributed by atoms with E-state index in [0.717, 1.165) is 11.1 Å². The van der Waals surface area contributed by atoms with E-state index in [1.54, 1.807) is 24.5 Å². The summed E-state index contributed by atoms with van der Waals surface area (Å²) in [6.45, 7) is 0. The van der Waals surface area contributed by atoms with Gasteiger partial charge in [-0.2, -0.15) is 0 Å². The summed E-state index contributed by atoms with van der Waals surface area (Å²) in [5, 5.41) is 0. The van der Waals surface area contributed by atoms with Crippen LogP contribution >= 0.6 is 0 Å². The fourth-order valence-electron chi connectivity index (χ4n) is 2.90. The van der Waals surface area contributed by atoms with Crippen LogP contribution in [0, 0.1) is 5.82 Å². The number of halogens is 1. The first-order chi connectivity index (χ1) is 12.6. The van der Waals surface area contributed by atoms with Gasteiger partial charge in [0.15, 0.2) is 0 Å². The second kappa shape index (κ2) is 7.78. The average molecular weight is 350 g/mol. The van der Waals surface area contributed by atoms with Crippen molar-refractivity contribution in [1.82, 2.24) is 4.98 Å². The maximum atomic E-state index is 14.2. The van der Waals surface area contributed by atoms with Crippen molar-refractivity contribution in [3.8, 4) is 16.9 Å². The predicted octanol–water partition coefficient (Wildman–Crippen LogP) is 3.71. The molecule has 1 aromatic heterocycles. The number of carbonyl (C=O) groups excluding carboxylic acids is 1. The van der Waals surface area contributed by atoms with Crippen LogP contribution in [0.25, 0.3) is 11.1 Å². The standard InChI is InChI=1S/C21H19FN2O2/c1-26-17-7-8-20(22)18(11-17)16-9-14(12-24-13-16)10-19(21(23)25)15-5-3-2-4-6-15/h2-9,11-13,19H,10H2,1H3,(H2,23,25). The van der Waals surface area contributed by atoms with E-state index in [1.807, 2.05) is 36.4 Å². The fraction of sp³-hybridized carbons (Fsp3) is 0.143. The molecule has 3 aromatic rings.